The Morgan fingerprint density at radius 3 is 3.09 bits per heavy atom. The Morgan fingerprint density at radius 2 is 2.55 bits per heavy atom. The van der Waals surface area contributed by atoms with E-state index in [1.165, 1.54) is 6.26 Å². The highest BCUT2D eigenvalue weighted by atomic mass is 16.5. The van der Waals surface area contributed by atoms with E-state index in [0.717, 1.165) is 12.1 Å². The summed E-state index contributed by atoms with van der Waals surface area (Å²) in [5.74, 6) is 0.309. The average molecular weight is 150 g/mol. The zero-order valence-corrected chi connectivity index (χ0v) is 6.66. The van der Waals surface area contributed by atoms with Crippen molar-refractivity contribution in [3.05, 3.63) is 17.5 Å². The molecule has 1 unspecified atom stereocenters. The van der Waals surface area contributed by atoms with E-state index in [2.05, 4.69) is 16.6 Å². The van der Waals surface area contributed by atoms with E-state index in [0.29, 0.717) is 11.5 Å². The first-order chi connectivity index (χ1) is 5.29. The van der Waals surface area contributed by atoms with Crippen LogP contribution in [0.4, 0.5) is 0 Å². The molecule has 1 atom stereocenters. The standard InChI is InChI=1S/C8H10N2O/c1-3-6(2)8-7(4-9)5-11-10-8/h5-6H,3H2,1-2H3. The maximum absolute atomic E-state index is 8.60. The molecule has 3 nitrogen and oxygen atoms in total. The van der Waals surface area contributed by atoms with Gasteiger partial charge in [-0.3, -0.25) is 0 Å². The Kier molecular flexibility index (Phi) is 2.27. The largest absolute Gasteiger partial charge is 0.363 e. The van der Waals surface area contributed by atoms with Crippen molar-refractivity contribution in [3.63, 3.8) is 0 Å². The van der Waals surface area contributed by atoms with Gasteiger partial charge in [0.25, 0.3) is 0 Å². The molecule has 0 aliphatic rings. The van der Waals surface area contributed by atoms with Crippen molar-refractivity contribution in [2.45, 2.75) is 26.2 Å². The lowest BCUT2D eigenvalue weighted by molar-refractivity contribution is 0.405. The summed E-state index contributed by atoms with van der Waals surface area (Å²) >= 11 is 0. The molecule has 0 bridgehead atoms. The van der Waals surface area contributed by atoms with Gasteiger partial charge >= 0.3 is 0 Å². The Bertz CT molecular complexity index is 272. The lowest BCUT2D eigenvalue weighted by Gasteiger charge is -2.01. The van der Waals surface area contributed by atoms with Crippen molar-refractivity contribution >= 4 is 0 Å². The van der Waals surface area contributed by atoms with Gasteiger partial charge in [0.1, 0.15) is 23.6 Å². The zero-order valence-electron chi connectivity index (χ0n) is 6.66. The highest BCUT2D eigenvalue weighted by molar-refractivity contribution is 5.31. The third kappa shape index (κ3) is 1.40. The molecule has 0 saturated heterocycles. The van der Waals surface area contributed by atoms with Crippen LogP contribution in [0.1, 0.15) is 37.4 Å². The maximum Gasteiger partial charge on any atom is 0.141 e. The maximum atomic E-state index is 8.60. The van der Waals surface area contributed by atoms with Crippen LogP contribution in [0.3, 0.4) is 0 Å². The van der Waals surface area contributed by atoms with Gasteiger partial charge in [-0.05, 0) is 6.42 Å². The summed E-state index contributed by atoms with van der Waals surface area (Å²) in [6, 6.07) is 2.03. The van der Waals surface area contributed by atoms with Gasteiger partial charge in [0.05, 0.1) is 0 Å². The van der Waals surface area contributed by atoms with Gasteiger partial charge in [0.15, 0.2) is 0 Å². The molecule has 0 fully saturated rings. The molecule has 1 rings (SSSR count). The van der Waals surface area contributed by atoms with E-state index in [-0.39, 0.29) is 0 Å². The predicted molar refractivity (Wildman–Crippen MR) is 39.9 cm³/mol. The number of rotatable bonds is 2. The van der Waals surface area contributed by atoms with Gasteiger partial charge in [0.2, 0.25) is 0 Å². The molecule has 3 heteroatoms. The van der Waals surface area contributed by atoms with Crippen molar-refractivity contribution in [2.75, 3.05) is 0 Å². The van der Waals surface area contributed by atoms with Crippen LogP contribution in [0.2, 0.25) is 0 Å². The summed E-state index contributed by atoms with van der Waals surface area (Å²) in [6.45, 7) is 4.08. The molecule has 0 spiro atoms. The van der Waals surface area contributed by atoms with E-state index in [4.69, 9.17) is 5.26 Å². The minimum Gasteiger partial charge on any atom is -0.363 e. The monoisotopic (exact) mass is 150 g/mol. The van der Waals surface area contributed by atoms with Gasteiger partial charge in [0, 0.05) is 5.92 Å². The number of nitriles is 1. The molecule has 0 aliphatic carbocycles. The van der Waals surface area contributed by atoms with Crippen LogP contribution in [-0.4, -0.2) is 5.16 Å². The lowest BCUT2D eigenvalue weighted by atomic mass is 10.0. The van der Waals surface area contributed by atoms with Gasteiger partial charge in [-0.15, -0.1) is 0 Å². The Morgan fingerprint density at radius 1 is 1.82 bits per heavy atom. The third-order valence-corrected chi connectivity index (χ3v) is 1.80. The molecule has 0 radical (unpaired) electrons. The molecule has 0 N–H and O–H groups in total. The molecule has 0 amide bonds. The Hall–Kier alpha value is -1.30. The predicted octanol–water partition coefficient (Wildman–Crippen LogP) is 2.06. The summed E-state index contributed by atoms with van der Waals surface area (Å²) in [4.78, 5) is 0. The Balaban J connectivity index is 2.95. The highest BCUT2D eigenvalue weighted by Crippen LogP contribution is 2.19. The van der Waals surface area contributed by atoms with Crippen LogP contribution in [0.5, 0.6) is 0 Å². The van der Waals surface area contributed by atoms with Crippen molar-refractivity contribution in [3.8, 4) is 6.07 Å². The molecule has 58 valence electrons. The SMILES string of the molecule is CCC(C)c1nocc1C#N. The van der Waals surface area contributed by atoms with E-state index < -0.39 is 0 Å². The van der Waals surface area contributed by atoms with Crippen LogP contribution < -0.4 is 0 Å². The topological polar surface area (TPSA) is 49.8 Å². The molecule has 1 aromatic rings. The molecule has 1 heterocycles. The molecular formula is C8H10N2O. The van der Waals surface area contributed by atoms with Crippen LogP contribution >= 0.6 is 0 Å². The minimum atomic E-state index is 0.309. The highest BCUT2D eigenvalue weighted by Gasteiger charge is 2.12. The number of hydrogen-bond donors (Lipinski definition) is 0. The fourth-order valence-corrected chi connectivity index (χ4v) is 0.878. The van der Waals surface area contributed by atoms with Gasteiger partial charge < -0.3 is 4.52 Å². The summed E-state index contributed by atoms with van der Waals surface area (Å²) in [6.07, 6.45) is 2.36. The van der Waals surface area contributed by atoms with E-state index in [1.807, 2.05) is 13.0 Å². The number of hydrogen-bond acceptors (Lipinski definition) is 3. The van der Waals surface area contributed by atoms with E-state index >= 15 is 0 Å². The molecular weight excluding hydrogens is 140 g/mol. The molecule has 0 aromatic carbocycles. The number of aromatic nitrogens is 1. The van der Waals surface area contributed by atoms with Gasteiger partial charge in [-0.25, -0.2) is 0 Å². The van der Waals surface area contributed by atoms with E-state index in [1.54, 1.807) is 0 Å². The van der Waals surface area contributed by atoms with Gasteiger partial charge in [-0.2, -0.15) is 5.26 Å². The zero-order chi connectivity index (χ0) is 8.27. The smallest absolute Gasteiger partial charge is 0.141 e. The van der Waals surface area contributed by atoms with Gasteiger partial charge in [-0.1, -0.05) is 19.0 Å². The second kappa shape index (κ2) is 3.20. The van der Waals surface area contributed by atoms with Crippen LogP contribution in [0.15, 0.2) is 10.8 Å². The summed E-state index contributed by atoms with van der Waals surface area (Å²) in [7, 11) is 0. The third-order valence-electron chi connectivity index (χ3n) is 1.80. The first kappa shape index (κ1) is 7.80. The van der Waals surface area contributed by atoms with Crippen LogP contribution in [0, 0.1) is 11.3 Å². The van der Waals surface area contributed by atoms with Crippen LogP contribution in [-0.2, 0) is 0 Å². The molecule has 0 saturated carbocycles. The number of nitrogens with zero attached hydrogens (tertiary/aromatic N) is 2. The first-order valence-electron chi connectivity index (χ1n) is 3.64. The first-order valence-corrected chi connectivity index (χ1v) is 3.64. The summed E-state index contributed by atoms with van der Waals surface area (Å²) < 4.78 is 4.69. The Labute approximate surface area is 65.6 Å². The fourth-order valence-electron chi connectivity index (χ4n) is 0.878. The second-order valence-electron chi connectivity index (χ2n) is 2.53. The normalized spacial score (nSPS) is 12.5. The summed E-state index contributed by atoms with van der Waals surface area (Å²) in [5, 5.41) is 12.4. The quantitative estimate of drug-likeness (QED) is 0.648. The van der Waals surface area contributed by atoms with Crippen molar-refractivity contribution in [2.24, 2.45) is 0 Å². The van der Waals surface area contributed by atoms with E-state index in [9.17, 15) is 0 Å². The van der Waals surface area contributed by atoms with Crippen LogP contribution in [0.25, 0.3) is 0 Å². The molecule has 11 heavy (non-hydrogen) atoms. The minimum absolute atomic E-state index is 0.309. The van der Waals surface area contributed by atoms with Crippen molar-refractivity contribution < 1.29 is 4.52 Å². The molecule has 1 aromatic heterocycles. The lowest BCUT2D eigenvalue weighted by Crippen LogP contribution is -1.93. The van der Waals surface area contributed by atoms with Crippen molar-refractivity contribution in [1.82, 2.24) is 5.16 Å². The van der Waals surface area contributed by atoms with Crippen molar-refractivity contribution in [1.29, 1.82) is 5.26 Å². The molecule has 0 aliphatic heterocycles. The average Bonchev–Trinajstić information content (AvgIpc) is 2.50. The summed E-state index contributed by atoms with van der Waals surface area (Å²) in [5.41, 5.74) is 1.33. The second-order valence-corrected chi connectivity index (χ2v) is 2.53. The fraction of sp³-hybridized carbons (Fsp3) is 0.500.